The lowest BCUT2D eigenvalue weighted by atomic mass is 10.0. The fourth-order valence-corrected chi connectivity index (χ4v) is 3.15. The highest BCUT2D eigenvalue weighted by atomic mass is 16.2. The molecule has 2 aromatic carbocycles. The van der Waals surface area contributed by atoms with E-state index < -0.39 is 0 Å². The number of nitrogens with one attached hydrogen (secondary N) is 2. The van der Waals surface area contributed by atoms with Crippen molar-refractivity contribution in [2.24, 2.45) is 11.5 Å². The summed E-state index contributed by atoms with van der Waals surface area (Å²) >= 11 is 0. The number of unbranched alkanes of at least 4 members (excludes halogenated alkanes) is 4. The van der Waals surface area contributed by atoms with E-state index in [1.54, 1.807) is 0 Å². The van der Waals surface area contributed by atoms with Gasteiger partial charge in [-0.2, -0.15) is 0 Å². The topological polar surface area (TPSA) is 110 Å². The molecule has 162 valence electrons. The molecule has 6 heteroatoms. The van der Waals surface area contributed by atoms with Gasteiger partial charge in [0.25, 0.3) is 0 Å². The van der Waals surface area contributed by atoms with Gasteiger partial charge in [0, 0.05) is 24.2 Å². The van der Waals surface area contributed by atoms with E-state index in [-0.39, 0.29) is 11.8 Å². The predicted molar refractivity (Wildman–Crippen MR) is 124 cm³/mol. The normalized spacial score (nSPS) is 10.6. The monoisotopic (exact) mass is 410 g/mol. The first kappa shape index (κ1) is 23.6. The smallest absolute Gasteiger partial charge is 0.224 e. The Bertz CT molecular complexity index is 705. The molecule has 2 aromatic rings. The number of carbonyl (C=O) groups is 2. The number of anilines is 2. The third-order valence-electron chi connectivity index (χ3n) is 4.89. The average Bonchev–Trinajstić information content (AvgIpc) is 2.75. The van der Waals surface area contributed by atoms with Crippen molar-refractivity contribution < 1.29 is 9.59 Å². The first-order valence-corrected chi connectivity index (χ1v) is 10.8. The van der Waals surface area contributed by atoms with Crippen LogP contribution in [0.25, 0.3) is 11.1 Å². The highest BCUT2D eigenvalue weighted by Crippen LogP contribution is 2.23. The molecular weight excluding hydrogens is 376 g/mol. The van der Waals surface area contributed by atoms with Crippen LogP contribution in [0.15, 0.2) is 48.5 Å². The zero-order chi connectivity index (χ0) is 21.6. The summed E-state index contributed by atoms with van der Waals surface area (Å²) in [7, 11) is 0. The van der Waals surface area contributed by atoms with Crippen molar-refractivity contribution in [1.82, 2.24) is 0 Å². The summed E-state index contributed by atoms with van der Waals surface area (Å²) in [5, 5.41) is 5.86. The minimum atomic E-state index is 0.0305. The first-order valence-electron chi connectivity index (χ1n) is 10.8. The lowest BCUT2D eigenvalue weighted by molar-refractivity contribution is -0.117. The van der Waals surface area contributed by atoms with Crippen LogP contribution in [0.3, 0.4) is 0 Å². The average molecular weight is 411 g/mol. The summed E-state index contributed by atoms with van der Waals surface area (Å²) in [6, 6.07) is 15.6. The Balaban J connectivity index is 1.82. The van der Waals surface area contributed by atoms with E-state index >= 15 is 0 Å². The van der Waals surface area contributed by atoms with Gasteiger partial charge in [-0.15, -0.1) is 0 Å². The van der Waals surface area contributed by atoms with Crippen molar-refractivity contribution in [3.8, 4) is 11.1 Å². The Morgan fingerprint density at radius 3 is 1.27 bits per heavy atom. The quantitative estimate of drug-likeness (QED) is 0.370. The van der Waals surface area contributed by atoms with Crippen LogP contribution >= 0.6 is 0 Å². The lowest BCUT2D eigenvalue weighted by Gasteiger charge is -2.09. The minimum absolute atomic E-state index is 0.0305. The molecule has 0 bridgehead atoms. The van der Waals surface area contributed by atoms with Crippen LogP contribution in [0.1, 0.15) is 51.4 Å². The van der Waals surface area contributed by atoms with Crippen molar-refractivity contribution >= 4 is 23.2 Å². The van der Waals surface area contributed by atoms with Crippen molar-refractivity contribution in [2.45, 2.75) is 51.4 Å². The molecule has 30 heavy (non-hydrogen) atoms. The first-order chi connectivity index (χ1) is 14.6. The number of nitrogens with two attached hydrogens (primary N) is 2. The number of amides is 2. The van der Waals surface area contributed by atoms with Crippen LogP contribution in [0.5, 0.6) is 0 Å². The summed E-state index contributed by atoms with van der Waals surface area (Å²) in [4.78, 5) is 23.9. The SMILES string of the molecule is NCCCCCC(=O)Nc1ccc(-c2ccc(NC(=O)CCCCCN)cc2)cc1. The standard InChI is InChI=1S/C24H34N4O2/c25-17-5-1-3-7-23(29)27-21-13-9-19(10-14-21)20-11-15-22(16-12-20)28-24(30)8-4-2-6-18-26/h9-16H,1-8,17-18,25-26H2,(H,27,29)(H,28,30). The maximum Gasteiger partial charge on any atom is 0.224 e. The molecule has 0 aromatic heterocycles. The maximum absolute atomic E-state index is 12.0. The van der Waals surface area contributed by atoms with Gasteiger partial charge < -0.3 is 22.1 Å². The van der Waals surface area contributed by atoms with E-state index in [9.17, 15) is 9.59 Å². The molecule has 0 fully saturated rings. The third kappa shape index (κ3) is 8.76. The molecule has 0 spiro atoms. The highest BCUT2D eigenvalue weighted by molar-refractivity contribution is 5.91. The molecule has 6 N–H and O–H groups in total. The second kappa shape index (κ2) is 13.5. The Kier molecular flexibility index (Phi) is 10.6. The second-order valence-electron chi connectivity index (χ2n) is 7.45. The van der Waals surface area contributed by atoms with E-state index in [2.05, 4.69) is 10.6 Å². The van der Waals surface area contributed by atoms with Crippen LogP contribution in [0.2, 0.25) is 0 Å². The molecular formula is C24H34N4O2. The van der Waals surface area contributed by atoms with Crippen LogP contribution in [0.4, 0.5) is 11.4 Å². The molecule has 6 nitrogen and oxygen atoms in total. The van der Waals surface area contributed by atoms with Crippen molar-refractivity contribution in [2.75, 3.05) is 23.7 Å². The predicted octanol–water partition coefficient (Wildman–Crippen LogP) is 4.27. The van der Waals surface area contributed by atoms with Gasteiger partial charge in [-0.3, -0.25) is 9.59 Å². The maximum atomic E-state index is 12.0. The zero-order valence-electron chi connectivity index (χ0n) is 17.7. The van der Waals surface area contributed by atoms with E-state index in [0.717, 1.165) is 61.0 Å². The molecule has 0 saturated carbocycles. The van der Waals surface area contributed by atoms with E-state index in [1.165, 1.54) is 0 Å². The van der Waals surface area contributed by atoms with Gasteiger partial charge in [0.15, 0.2) is 0 Å². The summed E-state index contributed by atoms with van der Waals surface area (Å²) in [6.07, 6.45) is 6.62. The molecule has 2 rings (SSSR count). The number of benzene rings is 2. The number of carbonyl (C=O) groups excluding carboxylic acids is 2. The van der Waals surface area contributed by atoms with Gasteiger partial charge >= 0.3 is 0 Å². The Labute approximate surface area is 179 Å². The van der Waals surface area contributed by atoms with E-state index in [4.69, 9.17) is 11.5 Å². The summed E-state index contributed by atoms with van der Waals surface area (Å²) in [5.41, 5.74) is 14.6. The molecule has 0 unspecified atom stereocenters. The molecule has 0 saturated heterocycles. The minimum Gasteiger partial charge on any atom is -0.330 e. The molecule has 2 amide bonds. The van der Waals surface area contributed by atoms with Crippen LogP contribution in [-0.2, 0) is 9.59 Å². The molecule has 0 atom stereocenters. The van der Waals surface area contributed by atoms with Crippen LogP contribution in [0, 0.1) is 0 Å². The summed E-state index contributed by atoms with van der Waals surface area (Å²) in [6.45, 7) is 1.34. The summed E-state index contributed by atoms with van der Waals surface area (Å²) < 4.78 is 0. The van der Waals surface area contributed by atoms with Crippen molar-refractivity contribution in [3.05, 3.63) is 48.5 Å². The molecule has 0 radical (unpaired) electrons. The third-order valence-corrected chi connectivity index (χ3v) is 4.89. The largest absolute Gasteiger partial charge is 0.330 e. The number of hydrogen-bond acceptors (Lipinski definition) is 4. The molecule has 0 aliphatic heterocycles. The Hall–Kier alpha value is -2.70. The van der Waals surface area contributed by atoms with Crippen molar-refractivity contribution in [1.29, 1.82) is 0 Å². The van der Waals surface area contributed by atoms with Gasteiger partial charge in [0.05, 0.1) is 0 Å². The van der Waals surface area contributed by atoms with Gasteiger partial charge in [-0.1, -0.05) is 37.1 Å². The van der Waals surface area contributed by atoms with Gasteiger partial charge in [-0.25, -0.2) is 0 Å². The molecule has 0 heterocycles. The van der Waals surface area contributed by atoms with Gasteiger partial charge in [0.2, 0.25) is 11.8 Å². The molecule has 0 aliphatic rings. The second-order valence-corrected chi connectivity index (χ2v) is 7.45. The van der Waals surface area contributed by atoms with Gasteiger partial charge in [0.1, 0.15) is 0 Å². The fraction of sp³-hybridized carbons (Fsp3) is 0.417. The highest BCUT2D eigenvalue weighted by Gasteiger charge is 2.05. The number of rotatable bonds is 13. The van der Waals surface area contributed by atoms with Gasteiger partial charge in [-0.05, 0) is 74.2 Å². The number of hydrogen-bond donors (Lipinski definition) is 4. The molecule has 0 aliphatic carbocycles. The Morgan fingerprint density at radius 1 is 0.567 bits per heavy atom. The van der Waals surface area contributed by atoms with Crippen LogP contribution in [-0.4, -0.2) is 24.9 Å². The van der Waals surface area contributed by atoms with E-state index in [1.807, 2.05) is 48.5 Å². The van der Waals surface area contributed by atoms with E-state index in [0.29, 0.717) is 25.9 Å². The Morgan fingerprint density at radius 2 is 0.933 bits per heavy atom. The fourth-order valence-electron chi connectivity index (χ4n) is 3.15. The lowest BCUT2D eigenvalue weighted by Crippen LogP contribution is -2.11. The summed E-state index contributed by atoms with van der Waals surface area (Å²) in [5.74, 6) is 0.0609. The zero-order valence-corrected chi connectivity index (χ0v) is 17.7. The van der Waals surface area contributed by atoms with Crippen molar-refractivity contribution in [3.63, 3.8) is 0 Å². The van der Waals surface area contributed by atoms with Crippen LogP contribution < -0.4 is 22.1 Å².